The van der Waals surface area contributed by atoms with Crippen LogP contribution in [0.25, 0.3) is 0 Å². The Kier molecular flexibility index (Phi) is 11.4. The molecule has 0 saturated heterocycles. The van der Waals surface area contributed by atoms with Gasteiger partial charge < -0.3 is 37.9 Å². The molecule has 0 spiro atoms. The average molecular weight is 639 g/mol. The summed E-state index contributed by atoms with van der Waals surface area (Å²) in [6.07, 6.45) is 0. The van der Waals surface area contributed by atoms with Gasteiger partial charge in [-0.2, -0.15) is 0 Å². The van der Waals surface area contributed by atoms with Crippen molar-refractivity contribution in [2.24, 2.45) is 0 Å². The van der Waals surface area contributed by atoms with Crippen molar-refractivity contribution >= 4 is 37.1 Å². The van der Waals surface area contributed by atoms with Gasteiger partial charge in [0.25, 0.3) is 0 Å². The van der Waals surface area contributed by atoms with Crippen LogP contribution in [0.4, 0.5) is 0 Å². The molecule has 0 saturated carbocycles. The molecule has 0 atom stereocenters. The number of hydrogen-bond acceptors (Lipinski definition) is 8. The molecule has 0 aliphatic carbocycles. The zero-order valence-electron chi connectivity index (χ0n) is 26.7. The third kappa shape index (κ3) is 6.20. The van der Waals surface area contributed by atoms with Crippen molar-refractivity contribution in [3.8, 4) is 46.0 Å². The molecular formula is C34H40O8P2. The molecule has 0 radical (unpaired) electrons. The predicted octanol–water partition coefficient (Wildman–Crippen LogP) is 5.67. The molecule has 0 aromatic heterocycles. The van der Waals surface area contributed by atoms with Crippen molar-refractivity contribution in [2.45, 2.75) is 12.3 Å². The van der Waals surface area contributed by atoms with E-state index in [0.29, 0.717) is 46.0 Å². The number of hydrogen-bond donors (Lipinski definition) is 0. The van der Waals surface area contributed by atoms with Gasteiger partial charge in [-0.25, -0.2) is 0 Å². The summed E-state index contributed by atoms with van der Waals surface area (Å²) in [6, 6.07) is 24.0. The Morgan fingerprint density at radius 3 is 0.773 bits per heavy atom. The molecule has 0 aliphatic heterocycles. The lowest BCUT2D eigenvalue weighted by molar-refractivity contribution is 0.356. The molecule has 4 aromatic carbocycles. The maximum absolute atomic E-state index is 6.04. The van der Waals surface area contributed by atoms with Crippen LogP contribution in [-0.2, 0) is 0 Å². The van der Waals surface area contributed by atoms with Crippen LogP contribution in [0.5, 0.6) is 46.0 Å². The second-order valence-electron chi connectivity index (χ2n) is 9.42. The summed E-state index contributed by atoms with van der Waals surface area (Å²) >= 11 is 0. The normalized spacial score (nSPS) is 11.0. The van der Waals surface area contributed by atoms with E-state index in [-0.39, 0.29) is 5.40 Å². The highest BCUT2D eigenvalue weighted by molar-refractivity contribution is 7.90. The SMILES string of the molecule is COc1cccc(P(c2cccc(OC)c2OC)C(C)P(c2cccc(OC)c2OC)c2cccc(OC)c2OC)c1OC. The van der Waals surface area contributed by atoms with Gasteiger partial charge in [0.15, 0.2) is 46.0 Å². The average Bonchev–Trinajstić information content (AvgIpc) is 3.07. The lowest BCUT2D eigenvalue weighted by Gasteiger charge is -2.36. The molecule has 10 heteroatoms. The Hall–Kier alpha value is -3.86. The largest absolute Gasteiger partial charge is 0.493 e. The van der Waals surface area contributed by atoms with Crippen molar-refractivity contribution < 1.29 is 37.9 Å². The Morgan fingerprint density at radius 1 is 0.364 bits per heavy atom. The zero-order valence-corrected chi connectivity index (χ0v) is 28.5. The second-order valence-corrected chi connectivity index (χ2v) is 14.8. The highest BCUT2D eigenvalue weighted by Crippen LogP contribution is 2.61. The van der Waals surface area contributed by atoms with Crippen molar-refractivity contribution in [1.82, 2.24) is 0 Å². The first-order valence-electron chi connectivity index (χ1n) is 13.9. The molecule has 0 aliphatic rings. The maximum Gasteiger partial charge on any atom is 0.168 e. The lowest BCUT2D eigenvalue weighted by atomic mass is 10.3. The molecule has 0 bridgehead atoms. The monoisotopic (exact) mass is 638 g/mol. The predicted molar refractivity (Wildman–Crippen MR) is 180 cm³/mol. The van der Waals surface area contributed by atoms with E-state index in [2.05, 4.69) is 31.2 Å². The molecule has 0 unspecified atom stereocenters. The van der Waals surface area contributed by atoms with E-state index in [1.54, 1.807) is 56.9 Å². The molecule has 4 aromatic rings. The van der Waals surface area contributed by atoms with Gasteiger partial charge in [0, 0.05) is 26.6 Å². The van der Waals surface area contributed by atoms with Gasteiger partial charge in [0.2, 0.25) is 0 Å². The quantitative estimate of drug-likeness (QED) is 0.164. The maximum atomic E-state index is 6.04. The summed E-state index contributed by atoms with van der Waals surface area (Å²) in [5.74, 6) is 5.27. The third-order valence-corrected chi connectivity index (χ3v) is 13.7. The number of para-hydroxylation sites is 4. The van der Waals surface area contributed by atoms with E-state index in [4.69, 9.17) is 37.9 Å². The molecule has 8 nitrogen and oxygen atoms in total. The van der Waals surface area contributed by atoms with Gasteiger partial charge in [0.1, 0.15) is 0 Å². The van der Waals surface area contributed by atoms with Gasteiger partial charge in [-0.05, 0) is 40.1 Å². The first-order valence-corrected chi connectivity index (χ1v) is 16.7. The topological polar surface area (TPSA) is 73.8 Å². The molecule has 0 N–H and O–H groups in total. The van der Waals surface area contributed by atoms with Gasteiger partial charge in [-0.15, -0.1) is 0 Å². The number of ether oxygens (including phenoxy) is 8. The molecule has 0 fully saturated rings. The zero-order chi connectivity index (χ0) is 31.8. The fraction of sp³-hybridized carbons (Fsp3) is 0.294. The highest BCUT2D eigenvalue weighted by Gasteiger charge is 2.38. The molecular weight excluding hydrogens is 598 g/mol. The number of rotatable bonds is 14. The van der Waals surface area contributed by atoms with Gasteiger partial charge in [0.05, 0.1) is 56.9 Å². The Bertz CT molecular complexity index is 1330. The van der Waals surface area contributed by atoms with Gasteiger partial charge in [-0.3, -0.25) is 0 Å². The summed E-state index contributed by atoms with van der Waals surface area (Å²) in [5, 5.41) is 3.94. The molecule has 0 heterocycles. The molecule has 4 rings (SSSR count). The van der Waals surface area contributed by atoms with Gasteiger partial charge >= 0.3 is 0 Å². The van der Waals surface area contributed by atoms with E-state index in [1.165, 1.54) is 0 Å². The standard InChI is InChI=1S/C34H40O8P2/c1-22(43(27-18-10-14-23(35-2)31(27)39-6)28-19-11-15-24(36-3)32(28)40-7)44(29-20-12-16-25(37-4)33(29)41-8)30-21-13-17-26(38-5)34(30)42-9/h10-22H,1-9H3. The molecule has 0 amide bonds. The summed E-state index contributed by atoms with van der Waals surface area (Å²) in [7, 11) is 10.8. The Labute approximate surface area is 262 Å². The van der Waals surface area contributed by atoms with E-state index < -0.39 is 15.8 Å². The van der Waals surface area contributed by atoms with E-state index in [1.807, 2.05) is 48.5 Å². The van der Waals surface area contributed by atoms with Crippen LogP contribution in [-0.4, -0.2) is 62.3 Å². The fourth-order valence-electron chi connectivity index (χ4n) is 5.42. The minimum atomic E-state index is -1.23. The minimum absolute atomic E-state index is 0.0518. The van der Waals surface area contributed by atoms with Crippen LogP contribution in [0.2, 0.25) is 0 Å². The Morgan fingerprint density at radius 2 is 0.591 bits per heavy atom. The minimum Gasteiger partial charge on any atom is -0.493 e. The third-order valence-electron chi connectivity index (χ3n) is 7.31. The summed E-state index contributed by atoms with van der Waals surface area (Å²) in [6.45, 7) is 2.26. The summed E-state index contributed by atoms with van der Waals surface area (Å²) in [4.78, 5) is 0. The van der Waals surface area contributed by atoms with Crippen LogP contribution in [0.15, 0.2) is 72.8 Å². The first kappa shape index (κ1) is 33.0. The lowest BCUT2D eigenvalue weighted by Crippen LogP contribution is -2.28. The van der Waals surface area contributed by atoms with Crippen molar-refractivity contribution in [3.05, 3.63) is 72.8 Å². The number of benzene rings is 4. The smallest absolute Gasteiger partial charge is 0.168 e. The highest BCUT2D eigenvalue weighted by atomic mass is 31.2. The van der Waals surface area contributed by atoms with Crippen molar-refractivity contribution in [1.29, 1.82) is 0 Å². The second kappa shape index (κ2) is 15.2. The fourth-order valence-corrected chi connectivity index (χ4v) is 12.6. The van der Waals surface area contributed by atoms with Crippen LogP contribution in [0.1, 0.15) is 6.92 Å². The first-order chi connectivity index (χ1) is 21.4. The molecule has 44 heavy (non-hydrogen) atoms. The van der Waals surface area contributed by atoms with Gasteiger partial charge in [-0.1, -0.05) is 55.5 Å². The van der Waals surface area contributed by atoms with Crippen molar-refractivity contribution in [2.75, 3.05) is 56.9 Å². The van der Waals surface area contributed by atoms with Crippen molar-refractivity contribution in [3.63, 3.8) is 0 Å². The van der Waals surface area contributed by atoms with Crippen LogP contribution >= 0.6 is 15.8 Å². The van der Waals surface area contributed by atoms with Crippen LogP contribution in [0, 0.1) is 0 Å². The summed E-state index contributed by atoms with van der Waals surface area (Å²) < 4.78 is 47.2. The Balaban J connectivity index is 2.14. The van der Waals surface area contributed by atoms with E-state index >= 15 is 0 Å². The molecule has 234 valence electrons. The van der Waals surface area contributed by atoms with Crippen LogP contribution < -0.4 is 59.1 Å². The van der Waals surface area contributed by atoms with Crippen LogP contribution in [0.3, 0.4) is 0 Å². The number of methoxy groups -OCH3 is 8. The van der Waals surface area contributed by atoms with E-state index in [9.17, 15) is 0 Å². The summed E-state index contributed by atoms with van der Waals surface area (Å²) in [5.41, 5.74) is 0. The van der Waals surface area contributed by atoms with E-state index in [0.717, 1.165) is 21.2 Å².